The van der Waals surface area contributed by atoms with Gasteiger partial charge in [0.1, 0.15) is 17.3 Å². The Morgan fingerprint density at radius 3 is 2.12 bits per heavy atom. The SMILES string of the molecule is O=C(O)C(F)(F)F.O=C1N(CCCN2CCC(Cc3ccccc3)CC2)C(c2ccccn2)=NC1(c1ccc(F)cc1)c1cccc(F)c1. The molecule has 3 aromatic carbocycles. The minimum Gasteiger partial charge on any atom is -0.475 e. The third-order valence-corrected chi connectivity index (χ3v) is 8.66. The number of alkyl halides is 3. The van der Waals surface area contributed by atoms with Crippen molar-refractivity contribution in [2.45, 2.75) is 37.4 Å². The number of pyridine rings is 1. The largest absolute Gasteiger partial charge is 0.490 e. The predicted molar refractivity (Wildman–Crippen MR) is 174 cm³/mol. The van der Waals surface area contributed by atoms with Crippen molar-refractivity contribution in [2.24, 2.45) is 10.9 Å². The number of hydrogen-bond donors (Lipinski definition) is 1. The second-order valence-electron chi connectivity index (χ2n) is 12.0. The molecule has 1 aromatic heterocycles. The lowest BCUT2D eigenvalue weighted by molar-refractivity contribution is -0.192. The van der Waals surface area contributed by atoms with Crippen molar-refractivity contribution in [3.63, 3.8) is 0 Å². The fourth-order valence-corrected chi connectivity index (χ4v) is 6.22. The normalized spacial score (nSPS) is 18.5. The van der Waals surface area contributed by atoms with Crippen LogP contribution in [0.2, 0.25) is 0 Å². The fourth-order valence-electron chi connectivity index (χ4n) is 6.22. The first kappa shape index (κ1) is 35.3. The second kappa shape index (κ2) is 15.5. The van der Waals surface area contributed by atoms with Gasteiger partial charge < -0.3 is 10.0 Å². The molecule has 6 rings (SSSR count). The van der Waals surface area contributed by atoms with Crippen LogP contribution in [-0.2, 0) is 21.5 Å². The maximum Gasteiger partial charge on any atom is 0.490 e. The van der Waals surface area contributed by atoms with E-state index in [9.17, 15) is 26.7 Å². The highest BCUT2D eigenvalue weighted by molar-refractivity contribution is 6.16. The van der Waals surface area contributed by atoms with Gasteiger partial charge in [-0.1, -0.05) is 60.7 Å². The molecule has 1 saturated heterocycles. The number of nitrogens with zero attached hydrogens (tertiary/aromatic N) is 4. The first-order valence-corrected chi connectivity index (χ1v) is 15.9. The number of amides is 1. The molecule has 0 spiro atoms. The maximum atomic E-state index is 14.5. The minimum atomic E-state index is -5.08. The standard InChI is InChI=1S/C35H34F2N4O.C2HF3O2/c36-30-15-13-28(14-16-30)35(29-10-6-11-31(37)25-29)34(42)41(33(39-35)32-12-4-5-19-38-32)21-7-20-40-22-17-27(18-23-40)24-26-8-2-1-3-9-26;3-2(4,5)1(6)7/h1-6,8-16,19,25,27H,7,17-18,20-24H2;(H,6,7). The van der Waals surface area contributed by atoms with Gasteiger partial charge in [0, 0.05) is 12.7 Å². The Morgan fingerprint density at radius 1 is 0.837 bits per heavy atom. The van der Waals surface area contributed by atoms with E-state index in [2.05, 4.69) is 40.2 Å². The number of halogens is 5. The monoisotopic (exact) mass is 678 g/mol. The number of carboxylic acids is 1. The Bertz CT molecular complexity index is 1750. The molecule has 1 amide bonds. The number of likely N-dealkylation sites (tertiary alicyclic amines) is 1. The molecular weight excluding hydrogens is 643 g/mol. The molecule has 0 bridgehead atoms. The van der Waals surface area contributed by atoms with Crippen molar-refractivity contribution in [3.05, 3.63) is 137 Å². The van der Waals surface area contributed by atoms with Crippen molar-refractivity contribution in [3.8, 4) is 0 Å². The van der Waals surface area contributed by atoms with E-state index in [1.165, 1.54) is 29.8 Å². The summed E-state index contributed by atoms with van der Waals surface area (Å²) in [6, 6.07) is 27.8. The van der Waals surface area contributed by atoms with Gasteiger partial charge in [-0.2, -0.15) is 13.2 Å². The van der Waals surface area contributed by atoms with E-state index in [4.69, 9.17) is 14.9 Å². The van der Waals surface area contributed by atoms with Crippen molar-refractivity contribution in [1.82, 2.24) is 14.8 Å². The van der Waals surface area contributed by atoms with Crippen LogP contribution in [0, 0.1) is 17.6 Å². The van der Waals surface area contributed by atoms with Crippen LogP contribution in [0.4, 0.5) is 22.0 Å². The number of carbonyl (C=O) groups is 2. The van der Waals surface area contributed by atoms with E-state index in [1.54, 1.807) is 35.4 Å². The Labute approximate surface area is 280 Å². The number of aliphatic imine (C=N–C) groups is 1. The van der Waals surface area contributed by atoms with E-state index in [-0.39, 0.29) is 5.91 Å². The van der Waals surface area contributed by atoms with Gasteiger partial charge in [-0.15, -0.1) is 0 Å². The van der Waals surface area contributed by atoms with Crippen LogP contribution in [0.15, 0.2) is 108 Å². The molecule has 1 N–H and O–H groups in total. The van der Waals surface area contributed by atoms with Crippen molar-refractivity contribution in [1.29, 1.82) is 0 Å². The van der Waals surface area contributed by atoms with Crippen LogP contribution in [0.1, 0.15) is 41.6 Å². The van der Waals surface area contributed by atoms with E-state index in [0.717, 1.165) is 45.3 Å². The van der Waals surface area contributed by atoms with Crippen LogP contribution >= 0.6 is 0 Å². The van der Waals surface area contributed by atoms with Crippen molar-refractivity contribution >= 4 is 17.7 Å². The average molecular weight is 679 g/mol. The summed E-state index contributed by atoms with van der Waals surface area (Å²) >= 11 is 0. The smallest absolute Gasteiger partial charge is 0.475 e. The molecular formula is C37H35F5N4O3. The Kier molecular flexibility index (Phi) is 11.2. The van der Waals surface area contributed by atoms with Gasteiger partial charge in [-0.05, 0) is 104 Å². The van der Waals surface area contributed by atoms with E-state index >= 15 is 0 Å². The Balaban J connectivity index is 0.000000606. The lowest BCUT2D eigenvalue weighted by Crippen LogP contribution is -2.43. The molecule has 0 radical (unpaired) electrons. The van der Waals surface area contributed by atoms with Crippen molar-refractivity contribution < 1.29 is 36.6 Å². The third kappa shape index (κ3) is 8.55. The summed E-state index contributed by atoms with van der Waals surface area (Å²) in [6.45, 7) is 3.38. The van der Waals surface area contributed by atoms with E-state index in [1.807, 2.05) is 18.2 Å². The highest BCUT2D eigenvalue weighted by Gasteiger charge is 2.51. The van der Waals surface area contributed by atoms with Crippen LogP contribution in [0.3, 0.4) is 0 Å². The molecule has 12 heteroatoms. The van der Waals surface area contributed by atoms with Gasteiger partial charge in [0.25, 0.3) is 5.91 Å². The zero-order valence-electron chi connectivity index (χ0n) is 26.5. The zero-order chi connectivity index (χ0) is 35.0. The molecule has 256 valence electrons. The summed E-state index contributed by atoms with van der Waals surface area (Å²) in [5, 5.41) is 7.12. The van der Waals surface area contributed by atoms with Gasteiger partial charge in [0.2, 0.25) is 0 Å². The maximum absolute atomic E-state index is 14.5. The third-order valence-electron chi connectivity index (χ3n) is 8.66. The summed E-state index contributed by atoms with van der Waals surface area (Å²) < 4.78 is 60.2. The Morgan fingerprint density at radius 2 is 1.51 bits per heavy atom. The molecule has 0 saturated carbocycles. The molecule has 1 unspecified atom stereocenters. The molecule has 4 aromatic rings. The van der Waals surface area contributed by atoms with Crippen LogP contribution in [0.25, 0.3) is 0 Å². The number of aromatic nitrogens is 1. The highest BCUT2D eigenvalue weighted by atomic mass is 19.4. The van der Waals surface area contributed by atoms with Gasteiger partial charge in [-0.3, -0.25) is 14.7 Å². The van der Waals surface area contributed by atoms with Gasteiger partial charge in [-0.25, -0.2) is 18.6 Å². The summed E-state index contributed by atoms with van der Waals surface area (Å²) in [6.07, 6.45) is 0.771. The number of rotatable bonds is 9. The zero-order valence-corrected chi connectivity index (χ0v) is 26.5. The lowest BCUT2D eigenvalue weighted by Gasteiger charge is -2.32. The Hall–Kier alpha value is -4.97. The highest BCUT2D eigenvalue weighted by Crippen LogP contribution is 2.41. The van der Waals surface area contributed by atoms with Gasteiger partial charge in [0.15, 0.2) is 11.4 Å². The topological polar surface area (TPSA) is 86.1 Å². The number of carboxylic acid groups (broad SMARTS) is 1. The summed E-state index contributed by atoms with van der Waals surface area (Å²) in [7, 11) is 0. The van der Waals surface area contributed by atoms with Gasteiger partial charge >= 0.3 is 12.1 Å². The molecule has 0 aliphatic carbocycles. The number of hydrogen-bond acceptors (Lipinski definition) is 5. The van der Waals surface area contributed by atoms with E-state index in [0.29, 0.717) is 35.1 Å². The first-order chi connectivity index (χ1) is 23.5. The number of amidine groups is 1. The summed E-state index contributed by atoms with van der Waals surface area (Å²) in [4.78, 5) is 37.0. The number of piperidine rings is 1. The quantitative estimate of drug-likeness (QED) is 0.196. The molecule has 2 aliphatic rings. The predicted octanol–water partition coefficient (Wildman–Crippen LogP) is 6.87. The average Bonchev–Trinajstić information content (AvgIpc) is 3.39. The van der Waals surface area contributed by atoms with E-state index < -0.39 is 29.3 Å². The van der Waals surface area contributed by atoms with Crippen LogP contribution in [-0.4, -0.2) is 70.0 Å². The second-order valence-corrected chi connectivity index (χ2v) is 12.0. The number of carbonyl (C=O) groups excluding carboxylic acids is 1. The van der Waals surface area contributed by atoms with Crippen molar-refractivity contribution in [2.75, 3.05) is 26.2 Å². The van der Waals surface area contributed by atoms with Crippen LogP contribution in [0.5, 0.6) is 0 Å². The number of aliphatic carboxylic acids is 1. The lowest BCUT2D eigenvalue weighted by atomic mass is 9.82. The first-order valence-electron chi connectivity index (χ1n) is 15.9. The molecule has 7 nitrogen and oxygen atoms in total. The fraction of sp³-hybridized carbons (Fsp3) is 0.297. The van der Waals surface area contributed by atoms with Gasteiger partial charge in [0.05, 0.1) is 0 Å². The molecule has 2 aliphatic heterocycles. The molecule has 1 atom stereocenters. The minimum absolute atomic E-state index is 0.290. The summed E-state index contributed by atoms with van der Waals surface area (Å²) in [5.74, 6) is -2.80. The molecule has 1 fully saturated rings. The molecule has 3 heterocycles. The molecule has 49 heavy (non-hydrogen) atoms. The summed E-state index contributed by atoms with van der Waals surface area (Å²) in [5.41, 5.74) is 1.30. The number of benzene rings is 3. The van der Waals surface area contributed by atoms with Crippen LogP contribution < -0.4 is 0 Å².